The van der Waals surface area contributed by atoms with Crippen LogP contribution in [0.25, 0.3) is 11.1 Å². The third kappa shape index (κ3) is 2.73. The van der Waals surface area contributed by atoms with Gasteiger partial charge in [-0.25, -0.2) is 4.79 Å². The first-order chi connectivity index (χ1) is 10.6. The van der Waals surface area contributed by atoms with Gasteiger partial charge in [0.1, 0.15) is 6.54 Å². The lowest BCUT2D eigenvalue weighted by Crippen LogP contribution is -2.25. The number of hydrogen-bond donors (Lipinski definition) is 1. The minimum Gasteiger partial charge on any atom is -0.408 e. The smallest absolute Gasteiger partial charge is 0.408 e. The Balaban J connectivity index is 1.88. The number of aromatic nitrogens is 1. The first-order valence-electron chi connectivity index (χ1n) is 6.38. The molecule has 0 saturated heterocycles. The van der Waals surface area contributed by atoms with Crippen LogP contribution in [0.1, 0.15) is 0 Å². The van der Waals surface area contributed by atoms with Crippen LogP contribution in [-0.2, 0) is 11.3 Å². The first-order valence-corrected chi connectivity index (χ1v) is 7.14. The van der Waals surface area contributed by atoms with Crippen molar-refractivity contribution >= 4 is 45.9 Å². The zero-order valence-corrected chi connectivity index (χ0v) is 12.7. The summed E-state index contributed by atoms with van der Waals surface area (Å²) in [6, 6.07) is 11.8. The molecule has 3 rings (SSSR count). The standard InChI is InChI=1S/C15H10Cl2N2O3/c16-9-4-3-5-10(17)14(9)18-13(20)8-19-11-6-1-2-7-12(11)22-15(19)21/h1-7H,8H2,(H,18,20). The van der Waals surface area contributed by atoms with Crippen LogP contribution in [-0.4, -0.2) is 10.5 Å². The molecule has 0 spiro atoms. The van der Waals surface area contributed by atoms with E-state index in [1.807, 2.05) is 0 Å². The van der Waals surface area contributed by atoms with Gasteiger partial charge in [-0.2, -0.15) is 0 Å². The molecule has 0 bridgehead atoms. The summed E-state index contributed by atoms with van der Waals surface area (Å²) in [5.74, 6) is -1.02. The highest BCUT2D eigenvalue weighted by atomic mass is 35.5. The number of carbonyl (C=O) groups is 1. The van der Waals surface area contributed by atoms with Crippen molar-refractivity contribution in [3.63, 3.8) is 0 Å². The Bertz CT molecular complexity index is 894. The molecule has 0 aliphatic carbocycles. The quantitative estimate of drug-likeness (QED) is 0.795. The third-order valence-corrected chi connectivity index (χ3v) is 3.73. The molecule has 22 heavy (non-hydrogen) atoms. The summed E-state index contributed by atoms with van der Waals surface area (Å²) in [7, 11) is 0. The maximum atomic E-state index is 12.2. The van der Waals surface area contributed by atoms with Gasteiger partial charge in [0.15, 0.2) is 5.58 Å². The second kappa shape index (κ2) is 5.87. The van der Waals surface area contributed by atoms with Crippen LogP contribution in [0.15, 0.2) is 51.7 Å². The molecule has 1 heterocycles. The van der Waals surface area contributed by atoms with E-state index in [0.29, 0.717) is 26.8 Å². The van der Waals surface area contributed by atoms with Gasteiger partial charge in [-0.15, -0.1) is 0 Å². The molecule has 5 nitrogen and oxygen atoms in total. The first kappa shape index (κ1) is 14.7. The average Bonchev–Trinajstić information content (AvgIpc) is 2.79. The SMILES string of the molecule is O=C(Cn1c(=O)oc2ccccc21)Nc1c(Cl)cccc1Cl. The molecular weight excluding hydrogens is 327 g/mol. The van der Waals surface area contributed by atoms with E-state index < -0.39 is 11.7 Å². The fourth-order valence-electron chi connectivity index (χ4n) is 2.10. The molecule has 3 aromatic rings. The molecular formula is C15H10Cl2N2O3. The van der Waals surface area contributed by atoms with Crippen LogP contribution in [0.2, 0.25) is 10.0 Å². The monoisotopic (exact) mass is 336 g/mol. The van der Waals surface area contributed by atoms with Gasteiger partial charge >= 0.3 is 5.76 Å². The lowest BCUT2D eigenvalue weighted by molar-refractivity contribution is -0.116. The Kier molecular flexibility index (Phi) is 3.92. The number of anilines is 1. The van der Waals surface area contributed by atoms with Crippen LogP contribution in [0.5, 0.6) is 0 Å². The van der Waals surface area contributed by atoms with E-state index in [9.17, 15) is 9.59 Å². The lowest BCUT2D eigenvalue weighted by atomic mass is 10.3. The van der Waals surface area contributed by atoms with Gasteiger partial charge in [0, 0.05) is 0 Å². The molecule has 1 amide bonds. The van der Waals surface area contributed by atoms with Gasteiger partial charge < -0.3 is 9.73 Å². The van der Waals surface area contributed by atoms with Crippen LogP contribution in [0, 0.1) is 0 Å². The van der Waals surface area contributed by atoms with Crippen molar-refractivity contribution in [1.82, 2.24) is 4.57 Å². The van der Waals surface area contributed by atoms with Gasteiger partial charge in [0.25, 0.3) is 0 Å². The molecule has 0 aliphatic heterocycles. The van der Waals surface area contributed by atoms with Crippen molar-refractivity contribution in [2.24, 2.45) is 0 Å². The van der Waals surface area contributed by atoms with Crippen molar-refractivity contribution in [3.8, 4) is 0 Å². The summed E-state index contributed by atoms with van der Waals surface area (Å²) in [4.78, 5) is 24.0. The summed E-state index contributed by atoms with van der Waals surface area (Å²) < 4.78 is 6.32. The molecule has 0 unspecified atom stereocenters. The predicted octanol–water partition coefficient (Wildman–Crippen LogP) is 3.54. The van der Waals surface area contributed by atoms with E-state index in [2.05, 4.69) is 5.32 Å². The highest BCUT2D eigenvalue weighted by Gasteiger charge is 2.14. The number of amides is 1. The summed E-state index contributed by atoms with van der Waals surface area (Å²) >= 11 is 12.0. The normalized spacial score (nSPS) is 10.8. The molecule has 0 atom stereocenters. The van der Waals surface area contributed by atoms with Crippen LogP contribution < -0.4 is 11.1 Å². The summed E-state index contributed by atoms with van der Waals surface area (Å²) in [5.41, 5.74) is 1.29. The zero-order valence-electron chi connectivity index (χ0n) is 11.2. The number of fused-ring (bicyclic) bond motifs is 1. The van der Waals surface area contributed by atoms with Crippen molar-refractivity contribution in [2.45, 2.75) is 6.54 Å². The summed E-state index contributed by atoms with van der Waals surface area (Å²) in [5, 5.41) is 3.25. The number of nitrogens with one attached hydrogen (secondary N) is 1. The molecule has 112 valence electrons. The summed E-state index contributed by atoms with van der Waals surface area (Å²) in [6.07, 6.45) is 0. The van der Waals surface area contributed by atoms with E-state index in [1.54, 1.807) is 42.5 Å². The van der Waals surface area contributed by atoms with Gasteiger partial charge in [-0.1, -0.05) is 41.4 Å². The number of para-hydroxylation sites is 3. The van der Waals surface area contributed by atoms with Crippen LogP contribution in [0.3, 0.4) is 0 Å². The van der Waals surface area contributed by atoms with Crippen LogP contribution >= 0.6 is 23.2 Å². The van der Waals surface area contributed by atoms with E-state index in [-0.39, 0.29) is 6.54 Å². The van der Waals surface area contributed by atoms with Crippen LogP contribution in [0.4, 0.5) is 5.69 Å². The Morgan fingerprint density at radius 2 is 1.77 bits per heavy atom. The van der Waals surface area contributed by atoms with Gasteiger partial charge in [0.2, 0.25) is 5.91 Å². The number of halogens is 2. The highest BCUT2D eigenvalue weighted by molar-refractivity contribution is 6.39. The molecule has 0 fully saturated rings. The van der Waals surface area contributed by atoms with Gasteiger partial charge in [0.05, 0.1) is 21.2 Å². The van der Waals surface area contributed by atoms with Gasteiger partial charge in [-0.05, 0) is 24.3 Å². The Hall–Kier alpha value is -2.24. The van der Waals surface area contributed by atoms with E-state index in [0.717, 1.165) is 0 Å². The maximum Gasteiger partial charge on any atom is 0.420 e. The Morgan fingerprint density at radius 3 is 2.50 bits per heavy atom. The highest BCUT2D eigenvalue weighted by Crippen LogP contribution is 2.29. The van der Waals surface area contributed by atoms with E-state index in [1.165, 1.54) is 4.57 Å². The number of oxazole rings is 1. The molecule has 1 N–H and O–H groups in total. The molecule has 2 aromatic carbocycles. The van der Waals surface area contributed by atoms with Crippen molar-refractivity contribution in [2.75, 3.05) is 5.32 Å². The number of nitrogens with zero attached hydrogens (tertiary/aromatic N) is 1. The fraction of sp³-hybridized carbons (Fsp3) is 0.0667. The third-order valence-electron chi connectivity index (χ3n) is 3.10. The number of carbonyl (C=O) groups excluding carboxylic acids is 1. The largest absolute Gasteiger partial charge is 0.420 e. The minimum absolute atomic E-state index is 0.197. The predicted molar refractivity (Wildman–Crippen MR) is 85.6 cm³/mol. The maximum absolute atomic E-state index is 12.2. The minimum atomic E-state index is -0.596. The van der Waals surface area contributed by atoms with E-state index in [4.69, 9.17) is 27.6 Å². The topological polar surface area (TPSA) is 64.2 Å². The lowest BCUT2D eigenvalue weighted by Gasteiger charge is -2.09. The van der Waals surface area contributed by atoms with E-state index >= 15 is 0 Å². The molecule has 1 aromatic heterocycles. The van der Waals surface area contributed by atoms with Crippen molar-refractivity contribution < 1.29 is 9.21 Å². The summed E-state index contributed by atoms with van der Waals surface area (Å²) in [6.45, 7) is -0.197. The number of rotatable bonds is 3. The number of hydrogen-bond acceptors (Lipinski definition) is 3. The Labute approximate surface area is 135 Å². The second-order valence-corrected chi connectivity index (χ2v) is 5.38. The molecule has 0 radical (unpaired) electrons. The van der Waals surface area contributed by atoms with Crippen molar-refractivity contribution in [3.05, 3.63) is 63.1 Å². The van der Waals surface area contributed by atoms with Gasteiger partial charge in [-0.3, -0.25) is 9.36 Å². The molecule has 0 aliphatic rings. The molecule has 0 saturated carbocycles. The van der Waals surface area contributed by atoms with Crippen molar-refractivity contribution in [1.29, 1.82) is 0 Å². The Morgan fingerprint density at radius 1 is 1.09 bits per heavy atom. The second-order valence-electron chi connectivity index (χ2n) is 4.57. The zero-order chi connectivity index (χ0) is 15.7. The average molecular weight is 337 g/mol. The molecule has 7 heteroatoms. The fourth-order valence-corrected chi connectivity index (χ4v) is 2.60. The number of benzene rings is 2.